The Kier molecular flexibility index (Phi) is 4.28. The summed E-state index contributed by atoms with van der Waals surface area (Å²) in [6.45, 7) is 6.10. The minimum Gasteiger partial charge on any atom is -0.301 e. The molecule has 5 heteroatoms. The number of rotatable bonds is 4. The van der Waals surface area contributed by atoms with Crippen molar-refractivity contribution in [3.8, 4) is 0 Å². The zero-order chi connectivity index (χ0) is 11.5. The van der Waals surface area contributed by atoms with Gasteiger partial charge in [0.25, 0.3) is 5.56 Å². The summed E-state index contributed by atoms with van der Waals surface area (Å²) in [4.78, 5) is 18.2. The number of hydrogen-bond donors (Lipinski definition) is 2. The molecular formula is C10H16N2OS2. The molecule has 0 saturated carbocycles. The molecule has 0 radical (unpaired) electrons. The topological polar surface area (TPSA) is 45.8 Å². The fraction of sp³-hybridized carbons (Fsp3) is 0.600. The second kappa shape index (κ2) is 5.07. The minimum absolute atomic E-state index is 0.0892. The SMILES string of the molecule is Cc1cc(=O)[nH]c(SCC(C)(C)CS)n1. The molecule has 0 aliphatic carbocycles. The molecule has 1 aromatic heterocycles. The number of nitrogens with one attached hydrogen (secondary N) is 1. The summed E-state index contributed by atoms with van der Waals surface area (Å²) in [7, 11) is 0. The van der Waals surface area contributed by atoms with E-state index < -0.39 is 0 Å². The predicted octanol–water partition coefficient (Wildman–Crippen LogP) is 2.13. The first-order valence-electron chi connectivity index (χ1n) is 4.74. The molecule has 0 spiro atoms. The molecule has 0 fully saturated rings. The van der Waals surface area contributed by atoms with Gasteiger partial charge in [-0.3, -0.25) is 4.79 Å². The molecule has 0 amide bonds. The molecule has 1 N–H and O–H groups in total. The lowest BCUT2D eigenvalue weighted by Crippen LogP contribution is -2.17. The van der Waals surface area contributed by atoms with E-state index in [4.69, 9.17) is 0 Å². The Balaban J connectivity index is 2.70. The van der Waals surface area contributed by atoms with Crippen LogP contribution in [0.25, 0.3) is 0 Å². The van der Waals surface area contributed by atoms with E-state index in [0.29, 0.717) is 5.16 Å². The lowest BCUT2D eigenvalue weighted by Gasteiger charge is -2.20. The molecule has 0 unspecified atom stereocenters. The molecule has 0 atom stereocenters. The third-order valence-electron chi connectivity index (χ3n) is 1.88. The van der Waals surface area contributed by atoms with Gasteiger partial charge >= 0.3 is 0 Å². The smallest absolute Gasteiger partial charge is 0.251 e. The van der Waals surface area contributed by atoms with Crippen molar-refractivity contribution in [2.24, 2.45) is 5.41 Å². The van der Waals surface area contributed by atoms with E-state index in [1.807, 2.05) is 6.92 Å². The summed E-state index contributed by atoms with van der Waals surface area (Å²) in [6.07, 6.45) is 0. The Morgan fingerprint density at radius 2 is 2.27 bits per heavy atom. The van der Waals surface area contributed by atoms with E-state index in [1.54, 1.807) is 11.8 Å². The summed E-state index contributed by atoms with van der Waals surface area (Å²) < 4.78 is 0. The van der Waals surface area contributed by atoms with Gasteiger partial charge in [-0.25, -0.2) is 4.98 Å². The molecule has 3 nitrogen and oxygen atoms in total. The van der Waals surface area contributed by atoms with Crippen LogP contribution in [0.15, 0.2) is 16.0 Å². The van der Waals surface area contributed by atoms with Gasteiger partial charge in [0.1, 0.15) is 0 Å². The van der Waals surface area contributed by atoms with E-state index in [9.17, 15) is 4.79 Å². The normalized spacial score (nSPS) is 11.7. The van der Waals surface area contributed by atoms with Gasteiger partial charge in [-0.2, -0.15) is 12.6 Å². The van der Waals surface area contributed by atoms with Gasteiger partial charge in [0.2, 0.25) is 0 Å². The van der Waals surface area contributed by atoms with Crippen molar-refractivity contribution >= 4 is 24.4 Å². The van der Waals surface area contributed by atoms with E-state index in [0.717, 1.165) is 17.2 Å². The number of aromatic nitrogens is 2. The molecule has 15 heavy (non-hydrogen) atoms. The maximum Gasteiger partial charge on any atom is 0.251 e. The third kappa shape index (κ3) is 4.30. The van der Waals surface area contributed by atoms with E-state index >= 15 is 0 Å². The van der Waals surface area contributed by atoms with Crippen LogP contribution in [0.2, 0.25) is 0 Å². The standard InChI is InChI=1S/C10H16N2OS2/c1-7-4-8(13)12-9(11-7)15-6-10(2,3)5-14/h4,14H,5-6H2,1-3H3,(H,11,12,13). The highest BCUT2D eigenvalue weighted by molar-refractivity contribution is 7.99. The van der Waals surface area contributed by atoms with Gasteiger partial charge in [-0.15, -0.1) is 0 Å². The summed E-state index contributed by atoms with van der Waals surface area (Å²) in [5.74, 6) is 1.71. The minimum atomic E-state index is -0.0892. The van der Waals surface area contributed by atoms with Crippen LogP contribution in [0.3, 0.4) is 0 Å². The molecule has 1 heterocycles. The van der Waals surface area contributed by atoms with Crippen molar-refractivity contribution in [1.29, 1.82) is 0 Å². The van der Waals surface area contributed by atoms with Gasteiger partial charge in [0.05, 0.1) is 0 Å². The maximum atomic E-state index is 11.2. The second-order valence-electron chi connectivity index (χ2n) is 4.30. The van der Waals surface area contributed by atoms with E-state index in [-0.39, 0.29) is 11.0 Å². The molecule has 0 saturated heterocycles. The quantitative estimate of drug-likeness (QED) is 0.484. The third-order valence-corrected chi connectivity index (χ3v) is 4.12. The largest absolute Gasteiger partial charge is 0.301 e. The Bertz CT molecular complexity index is 387. The number of H-pyrrole nitrogens is 1. The number of nitrogens with zero attached hydrogens (tertiary/aromatic N) is 1. The van der Waals surface area contributed by atoms with Crippen LogP contribution in [0.1, 0.15) is 19.5 Å². The highest BCUT2D eigenvalue weighted by Crippen LogP contribution is 2.25. The Hall–Kier alpha value is -0.420. The van der Waals surface area contributed by atoms with Crippen molar-refractivity contribution in [3.63, 3.8) is 0 Å². The highest BCUT2D eigenvalue weighted by atomic mass is 32.2. The Morgan fingerprint density at radius 3 is 2.80 bits per heavy atom. The first-order chi connectivity index (χ1) is 6.93. The fourth-order valence-electron chi connectivity index (χ4n) is 0.929. The molecule has 0 aliphatic rings. The lowest BCUT2D eigenvalue weighted by atomic mass is 10.0. The second-order valence-corrected chi connectivity index (χ2v) is 5.58. The first kappa shape index (κ1) is 12.6. The zero-order valence-electron chi connectivity index (χ0n) is 9.20. The van der Waals surface area contributed by atoms with Gasteiger partial charge in [-0.05, 0) is 18.1 Å². The fourth-order valence-corrected chi connectivity index (χ4v) is 2.20. The van der Waals surface area contributed by atoms with Crippen molar-refractivity contribution in [2.45, 2.75) is 25.9 Å². The van der Waals surface area contributed by atoms with Crippen LogP contribution in [-0.4, -0.2) is 21.5 Å². The molecular weight excluding hydrogens is 228 g/mol. The van der Waals surface area contributed by atoms with E-state index in [2.05, 4.69) is 36.4 Å². The predicted molar refractivity (Wildman–Crippen MR) is 68.0 cm³/mol. The molecule has 84 valence electrons. The molecule has 0 aromatic carbocycles. The van der Waals surface area contributed by atoms with Gasteiger partial charge in [-0.1, -0.05) is 25.6 Å². The van der Waals surface area contributed by atoms with Crippen LogP contribution in [0, 0.1) is 12.3 Å². The van der Waals surface area contributed by atoms with Crippen molar-refractivity contribution < 1.29 is 0 Å². The summed E-state index contributed by atoms with van der Waals surface area (Å²) >= 11 is 5.85. The van der Waals surface area contributed by atoms with Crippen molar-refractivity contribution in [3.05, 3.63) is 22.1 Å². The van der Waals surface area contributed by atoms with Crippen LogP contribution in [-0.2, 0) is 0 Å². The molecule has 1 rings (SSSR count). The van der Waals surface area contributed by atoms with Crippen LogP contribution in [0.5, 0.6) is 0 Å². The average Bonchev–Trinajstić information content (AvgIpc) is 2.14. The number of thioether (sulfide) groups is 1. The van der Waals surface area contributed by atoms with Crippen LogP contribution >= 0.6 is 24.4 Å². The summed E-state index contributed by atoms with van der Waals surface area (Å²) in [5.41, 5.74) is 0.814. The first-order valence-corrected chi connectivity index (χ1v) is 6.36. The highest BCUT2D eigenvalue weighted by Gasteiger charge is 2.16. The summed E-state index contributed by atoms with van der Waals surface area (Å²) in [5, 5.41) is 0.690. The number of thiol groups is 1. The number of aryl methyl sites for hydroxylation is 1. The summed E-state index contributed by atoms with van der Waals surface area (Å²) in [6, 6.07) is 1.49. The van der Waals surface area contributed by atoms with Crippen LogP contribution < -0.4 is 5.56 Å². The maximum absolute atomic E-state index is 11.2. The Morgan fingerprint density at radius 1 is 1.60 bits per heavy atom. The van der Waals surface area contributed by atoms with E-state index in [1.165, 1.54) is 6.07 Å². The van der Waals surface area contributed by atoms with Crippen molar-refractivity contribution in [2.75, 3.05) is 11.5 Å². The number of hydrogen-bond acceptors (Lipinski definition) is 4. The van der Waals surface area contributed by atoms with Crippen molar-refractivity contribution in [1.82, 2.24) is 9.97 Å². The van der Waals surface area contributed by atoms with Gasteiger partial charge in [0.15, 0.2) is 5.16 Å². The molecule has 1 aromatic rings. The lowest BCUT2D eigenvalue weighted by molar-refractivity contribution is 0.493. The van der Waals surface area contributed by atoms with Gasteiger partial charge in [0, 0.05) is 17.5 Å². The average molecular weight is 244 g/mol. The monoisotopic (exact) mass is 244 g/mol. The Labute approximate surface area is 99.5 Å². The molecule has 0 bridgehead atoms. The van der Waals surface area contributed by atoms with Crippen LogP contribution in [0.4, 0.5) is 0 Å². The van der Waals surface area contributed by atoms with Gasteiger partial charge < -0.3 is 4.98 Å². The molecule has 0 aliphatic heterocycles. The zero-order valence-corrected chi connectivity index (χ0v) is 10.9. The number of aromatic amines is 1.